The van der Waals surface area contributed by atoms with Crippen molar-refractivity contribution in [2.24, 2.45) is 5.92 Å². The number of hydrogen-bond donors (Lipinski definition) is 4. The van der Waals surface area contributed by atoms with Crippen LogP contribution < -0.4 is 16.0 Å². The van der Waals surface area contributed by atoms with E-state index in [9.17, 15) is 14.7 Å². The molecule has 7 heteroatoms. The number of nitrogens with zero attached hydrogens (tertiary/aromatic N) is 1. The first-order valence-electron chi connectivity index (χ1n) is 7.75. The fourth-order valence-corrected chi connectivity index (χ4v) is 2.71. The van der Waals surface area contributed by atoms with Crippen LogP contribution in [-0.4, -0.2) is 66.8 Å². The molecule has 2 fully saturated rings. The number of urea groups is 1. The fourth-order valence-electron chi connectivity index (χ4n) is 2.71. The molecule has 0 radical (unpaired) electrons. The summed E-state index contributed by atoms with van der Waals surface area (Å²) in [4.78, 5) is 25.5. The minimum atomic E-state index is -1.14. The van der Waals surface area contributed by atoms with Gasteiger partial charge in [0.15, 0.2) is 0 Å². The molecule has 1 atom stereocenters. The Morgan fingerprint density at radius 3 is 2.57 bits per heavy atom. The predicted octanol–water partition coefficient (Wildman–Crippen LogP) is -0.166. The summed E-state index contributed by atoms with van der Waals surface area (Å²) >= 11 is 0. The summed E-state index contributed by atoms with van der Waals surface area (Å²) in [5, 5.41) is 18.0. The lowest BCUT2D eigenvalue weighted by Gasteiger charge is -2.28. The summed E-state index contributed by atoms with van der Waals surface area (Å²) in [6.45, 7) is 7.25. The molecular formula is C14H26N4O3. The Hall–Kier alpha value is -1.34. The summed E-state index contributed by atoms with van der Waals surface area (Å²) in [7, 11) is 0. The lowest BCUT2D eigenvalue weighted by molar-refractivity contribution is -0.144. The Kier molecular flexibility index (Phi) is 5.41. The molecular weight excluding hydrogens is 272 g/mol. The van der Waals surface area contributed by atoms with E-state index < -0.39 is 11.5 Å². The highest BCUT2D eigenvalue weighted by molar-refractivity contribution is 5.86. The Morgan fingerprint density at radius 1 is 1.33 bits per heavy atom. The SMILES string of the molecule is CC(NC(=O)NCCCN1CCNCC1)(C(=O)O)C1CC1. The Labute approximate surface area is 125 Å². The van der Waals surface area contributed by atoms with Crippen LogP contribution in [0.4, 0.5) is 4.79 Å². The van der Waals surface area contributed by atoms with Crippen LogP contribution in [0.3, 0.4) is 0 Å². The normalized spacial score (nSPS) is 22.3. The molecule has 2 rings (SSSR count). The molecule has 2 amide bonds. The van der Waals surface area contributed by atoms with E-state index in [1.807, 2.05) is 0 Å². The van der Waals surface area contributed by atoms with Crippen molar-refractivity contribution in [3.05, 3.63) is 0 Å². The minimum Gasteiger partial charge on any atom is -0.480 e. The maximum Gasteiger partial charge on any atom is 0.329 e. The van der Waals surface area contributed by atoms with Gasteiger partial charge in [0, 0.05) is 32.7 Å². The molecule has 7 nitrogen and oxygen atoms in total. The third-order valence-electron chi connectivity index (χ3n) is 4.36. The summed E-state index contributed by atoms with van der Waals surface area (Å²) in [5.74, 6) is -0.900. The van der Waals surface area contributed by atoms with Crippen molar-refractivity contribution in [2.45, 2.75) is 31.7 Å². The number of carbonyl (C=O) groups is 2. The van der Waals surface area contributed by atoms with Gasteiger partial charge in [-0.25, -0.2) is 9.59 Å². The van der Waals surface area contributed by atoms with Gasteiger partial charge in [0.25, 0.3) is 0 Å². The van der Waals surface area contributed by atoms with Crippen molar-refractivity contribution >= 4 is 12.0 Å². The third-order valence-corrected chi connectivity index (χ3v) is 4.36. The van der Waals surface area contributed by atoms with E-state index in [1.54, 1.807) is 6.92 Å². The standard InChI is InChI=1S/C14H26N4O3/c1-14(12(19)20,11-3-4-11)17-13(21)16-5-2-8-18-9-6-15-7-10-18/h11,15H,2-10H2,1H3,(H,19,20)(H2,16,17,21). The highest BCUT2D eigenvalue weighted by Crippen LogP contribution is 2.39. The average molecular weight is 298 g/mol. The van der Waals surface area contributed by atoms with Gasteiger partial charge in [-0.2, -0.15) is 0 Å². The molecule has 4 N–H and O–H groups in total. The van der Waals surface area contributed by atoms with E-state index in [-0.39, 0.29) is 11.9 Å². The number of carboxylic acid groups (broad SMARTS) is 1. The summed E-state index contributed by atoms with van der Waals surface area (Å²) in [6, 6.07) is -0.382. The van der Waals surface area contributed by atoms with Gasteiger partial charge < -0.3 is 26.0 Å². The van der Waals surface area contributed by atoms with Gasteiger partial charge in [0.05, 0.1) is 0 Å². The molecule has 0 aromatic rings. The summed E-state index contributed by atoms with van der Waals surface area (Å²) in [5.41, 5.74) is -1.14. The highest BCUT2D eigenvalue weighted by Gasteiger charge is 2.48. The van der Waals surface area contributed by atoms with Crippen LogP contribution in [0.15, 0.2) is 0 Å². The third kappa shape index (κ3) is 4.57. The second-order valence-electron chi connectivity index (χ2n) is 6.11. The zero-order chi connectivity index (χ0) is 15.3. The molecule has 0 aromatic heterocycles. The number of hydrogen-bond acceptors (Lipinski definition) is 4. The maximum atomic E-state index is 11.8. The molecule has 1 saturated carbocycles. The van der Waals surface area contributed by atoms with Gasteiger partial charge >= 0.3 is 12.0 Å². The second kappa shape index (κ2) is 7.09. The van der Waals surface area contributed by atoms with Crippen molar-refractivity contribution in [3.63, 3.8) is 0 Å². The van der Waals surface area contributed by atoms with Crippen molar-refractivity contribution in [1.82, 2.24) is 20.9 Å². The molecule has 1 saturated heterocycles. The molecule has 1 aliphatic carbocycles. The number of piperazine rings is 1. The number of carboxylic acids is 1. The number of rotatable bonds is 7. The lowest BCUT2D eigenvalue weighted by atomic mass is 9.96. The molecule has 1 aliphatic heterocycles. The van der Waals surface area contributed by atoms with Gasteiger partial charge in [-0.1, -0.05) is 0 Å². The molecule has 1 heterocycles. The quantitative estimate of drug-likeness (QED) is 0.490. The van der Waals surface area contributed by atoms with Crippen molar-refractivity contribution < 1.29 is 14.7 Å². The van der Waals surface area contributed by atoms with Gasteiger partial charge in [0.1, 0.15) is 5.54 Å². The van der Waals surface area contributed by atoms with Crippen LogP contribution in [0.25, 0.3) is 0 Å². The molecule has 120 valence electrons. The first kappa shape index (κ1) is 16.0. The maximum absolute atomic E-state index is 11.8. The summed E-state index contributed by atoms with van der Waals surface area (Å²) < 4.78 is 0. The largest absolute Gasteiger partial charge is 0.480 e. The first-order valence-corrected chi connectivity index (χ1v) is 7.75. The number of nitrogens with one attached hydrogen (secondary N) is 3. The Balaban J connectivity index is 1.63. The Morgan fingerprint density at radius 2 is 2.00 bits per heavy atom. The lowest BCUT2D eigenvalue weighted by Crippen LogP contribution is -2.56. The zero-order valence-electron chi connectivity index (χ0n) is 12.7. The van der Waals surface area contributed by atoms with Crippen molar-refractivity contribution in [2.75, 3.05) is 39.3 Å². The highest BCUT2D eigenvalue weighted by atomic mass is 16.4. The average Bonchev–Trinajstić information content (AvgIpc) is 3.29. The molecule has 21 heavy (non-hydrogen) atoms. The van der Waals surface area contributed by atoms with E-state index in [0.717, 1.165) is 52.0 Å². The van der Waals surface area contributed by atoms with Crippen LogP contribution >= 0.6 is 0 Å². The molecule has 0 bridgehead atoms. The predicted molar refractivity (Wildman–Crippen MR) is 79.2 cm³/mol. The Bertz CT molecular complexity index is 380. The van der Waals surface area contributed by atoms with Gasteiger partial charge in [0.2, 0.25) is 0 Å². The van der Waals surface area contributed by atoms with Crippen LogP contribution in [-0.2, 0) is 4.79 Å². The van der Waals surface area contributed by atoms with E-state index in [0.29, 0.717) is 6.54 Å². The van der Waals surface area contributed by atoms with E-state index in [2.05, 4.69) is 20.9 Å². The minimum absolute atomic E-state index is 0.0570. The molecule has 1 unspecified atom stereocenters. The molecule has 0 aromatic carbocycles. The van der Waals surface area contributed by atoms with Crippen LogP contribution in [0.1, 0.15) is 26.2 Å². The van der Waals surface area contributed by atoms with Crippen LogP contribution in [0, 0.1) is 5.92 Å². The van der Waals surface area contributed by atoms with E-state index in [1.165, 1.54) is 0 Å². The van der Waals surface area contributed by atoms with Crippen molar-refractivity contribution in [3.8, 4) is 0 Å². The fraction of sp³-hybridized carbons (Fsp3) is 0.857. The first-order chi connectivity index (χ1) is 10.0. The zero-order valence-corrected chi connectivity index (χ0v) is 12.7. The molecule has 0 spiro atoms. The molecule has 2 aliphatic rings. The number of aliphatic carboxylic acids is 1. The van der Waals surface area contributed by atoms with Gasteiger partial charge in [-0.05, 0) is 38.6 Å². The van der Waals surface area contributed by atoms with Gasteiger partial charge in [-0.15, -0.1) is 0 Å². The van der Waals surface area contributed by atoms with Crippen molar-refractivity contribution in [1.29, 1.82) is 0 Å². The second-order valence-corrected chi connectivity index (χ2v) is 6.11. The topological polar surface area (TPSA) is 93.7 Å². The number of carbonyl (C=O) groups excluding carboxylic acids is 1. The number of amides is 2. The van der Waals surface area contributed by atoms with Crippen LogP contribution in [0.5, 0.6) is 0 Å². The van der Waals surface area contributed by atoms with E-state index in [4.69, 9.17) is 0 Å². The van der Waals surface area contributed by atoms with Gasteiger partial charge in [-0.3, -0.25) is 0 Å². The smallest absolute Gasteiger partial charge is 0.329 e. The van der Waals surface area contributed by atoms with Crippen LogP contribution in [0.2, 0.25) is 0 Å². The van der Waals surface area contributed by atoms with E-state index >= 15 is 0 Å². The summed E-state index contributed by atoms with van der Waals surface area (Å²) in [6.07, 6.45) is 2.61. The monoisotopic (exact) mass is 298 g/mol.